The smallest absolute Gasteiger partial charge is 0.0812 e. The molecule has 1 saturated carbocycles. The third-order valence-corrected chi connectivity index (χ3v) is 2.74. The van der Waals surface area contributed by atoms with Crippen molar-refractivity contribution in [2.45, 2.75) is 38.2 Å². The average Bonchev–Trinajstić information content (AvgIpc) is 2.17. The molecule has 1 rings (SSSR count). The van der Waals surface area contributed by atoms with Gasteiger partial charge in [-0.15, -0.1) is 0 Å². The Labute approximate surface area is 74.8 Å². The topological polar surface area (TPSA) is 20.2 Å². The minimum atomic E-state index is -0.345. The fraction of sp³-hybridized carbons (Fsp3) is 0.636. The molecule has 0 bridgehead atoms. The summed E-state index contributed by atoms with van der Waals surface area (Å²) in [7, 11) is 0. The van der Waals surface area contributed by atoms with Crippen LogP contribution in [0, 0.1) is 5.92 Å². The quantitative estimate of drug-likeness (QED) is 0.639. The molecule has 0 aromatic heterocycles. The predicted molar refractivity (Wildman–Crippen MR) is 51.9 cm³/mol. The third-order valence-electron chi connectivity index (χ3n) is 2.74. The van der Waals surface area contributed by atoms with Crippen molar-refractivity contribution in [3.05, 3.63) is 24.8 Å². The molecule has 0 saturated heterocycles. The molecule has 1 fully saturated rings. The highest BCUT2D eigenvalue weighted by atomic mass is 16.3. The maximum atomic E-state index is 9.77. The molecule has 0 radical (unpaired) electrons. The lowest BCUT2D eigenvalue weighted by atomic mass is 9.83. The molecular formula is C11H18O. The molecule has 1 nitrogen and oxygen atoms in total. The van der Waals surface area contributed by atoms with Crippen molar-refractivity contribution in [2.75, 3.05) is 0 Å². The Morgan fingerprint density at radius 3 is 2.42 bits per heavy atom. The summed E-state index contributed by atoms with van der Waals surface area (Å²) in [5.74, 6) is 0.434. The SMILES string of the molecule is C=CC(=C)[C@H](O)C1CCCCC1. The van der Waals surface area contributed by atoms with Crippen LogP contribution in [-0.4, -0.2) is 11.2 Å². The van der Waals surface area contributed by atoms with Crippen LogP contribution in [0.5, 0.6) is 0 Å². The second-order valence-electron chi connectivity index (χ2n) is 3.62. The van der Waals surface area contributed by atoms with Gasteiger partial charge in [0, 0.05) is 0 Å². The first-order chi connectivity index (χ1) is 5.75. The van der Waals surface area contributed by atoms with Crippen molar-refractivity contribution in [1.29, 1.82) is 0 Å². The lowest BCUT2D eigenvalue weighted by Crippen LogP contribution is -2.23. The first-order valence-electron chi connectivity index (χ1n) is 4.75. The Morgan fingerprint density at radius 2 is 1.92 bits per heavy atom. The molecule has 68 valence electrons. The second kappa shape index (κ2) is 4.46. The number of hydrogen-bond acceptors (Lipinski definition) is 1. The van der Waals surface area contributed by atoms with E-state index in [-0.39, 0.29) is 6.10 Å². The standard InChI is InChI=1S/C11H18O/c1-3-9(2)11(12)10-7-5-4-6-8-10/h3,10-12H,1-2,4-8H2/t11-/m0/s1. The van der Waals surface area contributed by atoms with Gasteiger partial charge in [0.1, 0.15) is 0 Å². The highest BCUT2D eigenvalue weighted by Crippen LogP contribution is 2.28. The van der Waals surface area contributed by atoms with Gasteiger partial charge >= 0.3 is 0 Å². The fourth-order valence-corrected chi connectivity index (χ4v) is 1.87. The van der Waals surface area contributed by atoms with E-state index in [0.29, 0.717) is 5.92 Å². The summed E-state index contributed by atoms with van der Waals surface area (Å²) in [6.45, 7) is 7.40. The average molecular weight is 166 g/mol. The number of aliphatic hydroxyl groups excluding tert-OH is 1. The van der Waals surface area contributed by atoms with Crippen LogP contribution in [0.4, 0.5) is 0 Å². The summed E-state index contributed by atoms with van der Waals surface area (Å²) in [5.41, 5.74) is 0.780. The van der Waals surface area contributed by atoms with Crippen molar-refractivity contribution >= 4 is 0 Å². The van der Waals surface area contributed by atoms with Gasteiger partial charge in [0.25, 0.3) is 0 Å². The highest BCUT2D eigenvalue weighted by molar-refractivity contribution is 5.17. The van der Waals surface area contributed by atoms with Crippen molar-refractivity contribution in [1.82, 2.24) is 0 Å². The minimum Gasteiger partial charge on any atom is -0.388 e. The first kappa shape index (κ1) is 9.53. The summed E-state index contributed by atoms with van der Waals surface area (Å²) in [4.78, 5) is 0. The second-order valence-corrected chi connectivity index (χ2v) is 3.62. The van der Waals surface area contributed by atoms with Gasteiger partial charge in [-0.2, -0.15) is 0 Å². The summed E-state index contributed by atoms with van der Waals surface area (Å²) in [5, 5.41) is 9.77. The summed E-state index contributed by atoms with van der Waals surface area (Å²) in [6, 6.07) is 0. The Morgan fingerprint density at radius 1 is 1.33 bits per heavy atom. The monoisotopic (exact) mass is 166 g/mol. The molecule has 1 heteroatoms. The van der Waals surface area contributed by atoms with Crippen molar-refractivity contribution in [2.24, 2.45) is 5.92 Å². The number of aliphatic hydroxyl groups is 1. The van der Waals surface area contributed by atoms with Crippen LogP contribution in [0.2, 0.25) is 0 Å². The van der Waals surface area contributed by atoms with Crippen LogP contribution in [0.25, 0.3) is 0 Å². The maximum Gasteiger partial charge on any atom is 0.0812 e. The lowest BCUT2D eigenvalue weighted by Gasteiger charge is -2.26. The first-order valence-corrected chi connectivity index (χ1v) is 4.75. The van der Waals surface area contributed by atoms with Crippen LogP contribution in [0.3, 0.4) is 0 Å². The largest absolute Gasteiger partial charge is 0.388 e. The van der Waals surface area contributed by atoms with Crippen molar-refractivity contribution < 1.29 is 5.11 Å². The summed E-state index contributed by atoms with van der Waals surface area (Å²) >= 11 is 0. The molecule has 0 spiro atoms. The van der Waals surface area contributed by atoms with Crippen LogP contribution in [0.15, 0.2) is 24.8 Å². The highest BCUT2D eigenvalue weighted by Gasteiger charge is 2.22. The van der Waals surface area contributed by atoms with Gasteiger partial charge in [-0.25, -0.2) is 0 Å². The van der Waals surface area contributed by atoms with E-state index < -0.39 is 0 Å². The van der Waals surface area contributed by atoms with Gasteiger partial charge in [-0.1, -0.05) is 38.5 Å². The van der Waals surface area contributed by atoms with Gasteiger partial charge in [-0.3, -0.25) is 0 Å². The van der Waals surface area contributed by atoms with Crippen LogP contribution in [0.1, 0.15) is 32.1 Å². The molecule has 0 heterocycles. The van der Waals surface area contributed by atoms with Gasteiger partial charge in [0.2, 0.25) is 0 Å². The van der Waals surface area contributed by atoms with E-state index in [1.807, 2.05) is 0 Å². The molecule has 1 aliphatic carbocycles. The molecule has 0 aromatic rings. The normalized spacial score (nSPS) is 21.8. The van der Waals surface area contributed by atoms with Gasteiger partial charge in [0.05, 0.1) is 6.10 Å². The van der Waals surface area contributed by atoms with E-state index in [4.69, 9.17) is 0 Å². The fourth-order valence-electron chi connectivity index (χ4n) is 1.87. The van der Waals surface area contributed by atoms with E-state index in [2.05, 4.69) is 13.2 Å². The molecular weight excluding hydrogens is 148 g/mol. The van der Waals surface area contributed by atoms with E-state index in [0.717, 1.165) is 18.4 Å². The molecule has 0 unspecified atom stereocenters. The van der Waals surface area contributed by atoms with Crippen LogP contribution >= 0.6 is 0 Å². The Balaban J connectivity index is 2.44. The van der Waals surface area contributed by atoms with E-state index >= 15 is 0 Å². The van der Waals surface area contributed by atoms with Gasteiger partial charge in [0.15, 0.2) is 0 Å². The Bertz CT molecular complexity index is 166. The molecule has 1 N–H and O–H groups in total. The molecule has 1 aliphatic rings. The zero-order chi connectivity index (χ0) is 8.97. The molecule has 12 heavy (non-hydrogen) atoms. The maximum absolute atomic E-state index is 9.77. The number of hydrogen-bond donors (Lipinski definition) is 1. The van der Waals surface area contributed by atoms with Crippen LogP contribution < -0.4 is 0 Å². The predicted octanol–water partition coefficient (Wildman–Crippen LogP) is 2.67. The van der Waals surface area contributed by atoms with Crippen molar-refractivity contribution in [3.63, 3.8) is 0 Å². The molecule has 0 aliphatic heterocycles. The van der Waals surface area contributed by atoms with E-state index in [9.17, 15) is 5.11 Å². The van der Waals surface area contributed by atoms with E-state index in [1.54, 1.807) is 6.08 Å². The molecule has 0 amide bonds. The zero-order valence-electron chi connectivity index (χ0n) is 7.63. The minimum absolute atomic E-state index is 0.345. The third kappa shape index (κ3) is 2.21. The van der Waals surface area contributed by atoms with E-state index in [1.165, 1.54) is 19.3 Å². The Kier molecular flexibility index (Phi) is 3.54. The Hall–Kier alpha value is -0.560. The summed E-state index contributed by atoms with van der Waals surface area (Å²) < 4.78 is 0. The number of rotatable bonds is 3. The molecule has 1 atom stereocenters. The molecule has 0 aromatic carbocycles. The lowest BCUT2D eigenvalue weighted by molar-refractivity contribution is 0.118. The van der Waals surface area contributed by atoms with Crippen LogP contribution in [-0.2, 0) is 0 Å². The summed E-state index contributed by atoms with van der Waals surface area (Å²) in [6.07, 6.45) is 7.45. The zero-order valence-corrected chi connectivity index (χ0v) is 7.63. The van der Waals surface area contributed by atoms with Gasteiger partial charge in [-0.05, 0) is 24.3 Å². The van der Waals surface area contributed by atoms with Gasteiger partial charge < -0.3 is 5.11 Å². The van der Waals surface area contributed by atoms with Crippen molar-refractivity contribution in [3.8, 4) is 0 Å².